The van der Waals surface area contributed by atoms with Crippen LogP contribution in [0.2, 0.25) is 5.02 Å². The molecular formula is C9H11BrClNO. The first kappa shape index (κ1) is 10.7. The Bertz CT molecular complexity index is 304. The lowest BCUT2D eigenvalue weighted by Crippen LogP contribution is -1.97. The van der Waals surface area contributed by atoms with E-state index in [2.05, 4.69) is 15.9 Å². The number of ether oxygens (including phenoxy) is 1. The van der Waals surface area contributed by atoms with Crippen molar-refractivity contribution in [2.24, 2.45) is 0 Å². The molecule has 4 heteroatoms. The molecule has 72 valence electrons. The van der Waals surface area contributed by atoms with Crippen molar-refractivity contribution in [2.45, 2.75) is 13.3 Å². The fraction of sp³-hybridized carbons (Fsp3) is 0.333. The highest BCUT2D eigenvalue weighted by molar-refractivity contribution is 9.10. The fourth-order valence-corrected chi connectivity index (χ4v) is 1.56. The Balaban J connectivity index is 2.88. The van der Waals surface area contributed by atoms with Crippen LogP contribution >= 0.6 is 27.5 Å². The molecule has 0 atom stereocenters. The van der Waals surface area contributed by atoms with Crippen LogP contribution in [0, 0.1) is 0 Å². The first-order valence-electron chi connectivity index (χ1n) is 4.02. The van der Waals surface area contributed by atoms with Crippen molar-refractivity contribution in [1.82, 2.24) is 0 Å². The smallest absolute Gasteiger partial charge is 0.140 e. The molecule has 1 rings (SSSR count). The molecule has 0 aliphatic heterocycles. The lowest BCUT2D eigenvalue weighted by atomic mass is 10.3. The normalized spacial score (nSPS) is 10.1. The first-order valence-corrected chi connectivity index (χ1v) is 5.19. The molecule has 0 heterocycles. The van der Waals surface area contributed by atoms with Crippen LogP contribution < -0.4 is 10.5 Å². The third kappa shape index (κ3) is 2.78. The number of hydrogen-bond acceptors (Lipinski definition) is 2. The van der Waals surface area contributed by atoms with Gasteiger partial charge in [-0.2, -0.15) is 0 Å². The van der Waals surface area contributed by atoms with Crippen LogP contribution in [0.3, 0.4) is 0 Å². The van der Waals surface area contributed by atoms with Gasteiger partial charge in [0.25, 0.3) is 0 Å². The predicted molar refractivity (Wildman–Crippen MR) is 59.4 cm³/mol. The number of hydrogen-bond donors (Lipinski definition) is 1. The Morgan fingerprint density at radius 2 is 2.23 bits per heavy atom. The summed E-state index contributed by atoms with van der Waals surface area (Å²) in [6, 6.07) is 3.46. The topological polar surface area (TPSA) is 35.2 Å². The molecular weight excluding hydrogens is 253 g/mol. The summed E-state index contributed by atoms with van der Waals surface area (Å²) in [5, 5.41) is 0.578. The zero-order chi connectivity index (χ0) is 9.84. The van der Waals surface area contributed by atoms with Gasteiger partial charge in [0.15, 0.2) is 0 Å². The number of anilines is 1. The molecule has 2 N–H and O–H groups in total. The first-order chi connectivity index (χ1) is 6.15. The van der Waals surface area contributed by atoms with Crippen molar-refractivity contribution in [3.8, 4) is 5.75 Å². The quantitative estimate of drug-likeness (QED) is 0.849. The predicted octanol–water partition coefficient (Wildman–Crippen LogP) is 3.47. The highest BCUT2D eigenvalue weighted by atomic mass is 79.9. The molecule has 1 aromatic carbocycles. The molecule has 0 spiro atoms. The van der Waals surface area contributed by atoms with Crippen LogP contribution in [-0.4, -0.2) is 6.61 Å². The molecule has 1 aromatic rings. The molecule has 0 aromatic heterocycles. The summed E-state index contributed by atoms with van der Waals surface area (Å²) in [6.07, 6.45) is 0.951. The van der Waals surface area contributed by atoms with Gasteiger partial charge in [-0.1, -0.05) is 18.5 Å². The van der Waals surface area contributed by atoms with Crippen molar-refractivity contribution in [3.05, 3.63) is 21.6 Å². The van der Waals surface area contributed by atoms with Crippen LogP contribution in [0.4, 0.5) is 5.69 Å². The van der Waals surface area contributed by atoms with Crippen LogP contribution in [-0.2, 0) is 0 Å². The molecule has 0 fully saturated rings. The molecule has 0 saturated carbocycles. The Morgan fingerprint density at radius 1 is 1.54 bits per heavy atom. The molecule has 0 radical (unpaired) electrons. The van der Waals surface area contributed by atoms with Crippen LogP contribution in [0.25, 0.3) is 0 Å². The van der Waals surface area contributed by atoms with Gasteiger partial charge in [0, 0.05) is 16.2 Å². The van der Waals surface area contributed by atoms with E-state index in [4.69, 9.17) is 22.1 Å². The van der Waals surface area contributed by atoms with Crippen LogP contribution in [0.15, 0.2) is 16.6 Å². The van der Waals surface area contributed by atoms with E-state index in [1.165, 1.54) is 0 Å². The Morgan fingerprint density at radius 3 is 2.85 bits per heavy atom. The van der Waals surface area contributed by atoms with Crippen molar-refractivity contribution in [2.75, 3.05) is 12.3 Å². The summed E-state index contributed by atoms with van der Waals surface area (Å²) < 4.78 is 6.18. The number of nitrogens with two attached hydrogens (primary N) is 1. The molecule has 0 amide bonds. The maximum absolute atomic E-state index is 5.93. The van der Waals surface area contributed by atoms with Gasteiger partial charge >= 0.3 is 0 Å². The minimum atomic E-state index is 0.578. The van der Waals surface area contributed by atoms with Gasteiger partial charge in [0.05, 0.1) is 11.6 Å². The minimum absolute atomic E-state index is 0.578. The third-order valence-electron chi connectivity index (χ3n) is 1.51. The van der Waals surface area contributed by atoms with E-state index in [-0.39, 0.29) is 0 Å². The Kier molecular flexibility index (Phi) is 3.88. The van der Waals surface area contributed by atoms with Crippen LogP contribution in [0.1, 0.15) is 13.3 Å². The summed E-state index contributed by atoms with van der Waals surface area (Å²) in [5.74, 6) is 0.643. The van der Waals surface area contributed by atoms with Gasteiger partial charge in [-0.05, 0) is 28.4 Å². The van der Waals surface area contributed by atoms with E-state index in [9.17, 15) is 0 Å². The summed E-state index contributed by atoms with van der Waals surface area (Å²) in [5.41, 5.74) is 6.31. The van der Waals surface area contributed by atoms with Gasteiger partial charge < -0.3 is 10.5 Å². The second kappa shape index (κ2) is 4.72. The maximum atomic E-state index is 5.93. The molecule has 0 unspecified atom stereocenters. The Hall–Kier alpha value is -0.410. The number of halogens is 2. The third-order valence-corrected chi connectivity index (χ3v) is 2.50. The van der Waals surface area contributed by atoms with Crippen molar-refractivity contribution in [1.29, 1.82) is 0 Å². The summed E-state index contributed by atoms with van der Waals surface area (Å²) in [6.45, 7) is 2.69. The molecule has 0 bridgehead atoms. The van der Waals surface area contributed by atoms with E-state index < -0.39 is 0 Å². The molecule has 0 aliphatic carbocycles. The van der Waals surface area contributed by atoms with Gasteiger partial charge in [0.1, 0.15) is 5.75 Å². The lowest BCUT2D eigenvalue weighted by Gasteiger charge is -2.08. The number of rotatable bonds is 3. The highest BCUT2D eigenvalue weighted by Gasteiger charge is 2.05. The molecule has 13 heavy (non-hydrogen) atoms. The summed E-state index contributed by atoms with van der Waals surface area (Å²) in [7, 11) is 0. The SMILES string of the molecule is CCCOc1cc(N)c(Br)cc1Cl. The summed E-state index contributed by atoms with van der Waals surface area (Å²) >= 11 is 9.21. The minimum Gasteiger partial charge on any atom is -0.492 e. The van der Waals surface area contributed by atoms with Crippen molar-refractivity contribution in [3.63, 3.8) is 0 Å². The second-order valence-corrected chi connectivity index (χ2v) is 3.91. The molecule has 0 saturated heterocycles. The summed E-state index contributed by atoms with van der Waals surface area (Å²) in [4.78, 5) is 0. The van der Waals surface area contributed by atoms with Crippen LogP contribution in [0.5, 0.6) is 5.75 Å². The maximum Gasteiger partial charge on any atom is 0.140 e. The van der Waals surface area contributed by atoms with Gasteiger partial charge in [-0.25, -0.2) is 0 Å². The Labute approximate surface area is 91.2 Å². The largest absolute Gasteiger partial charge is 0.492 e. The molecule has 2 nitrogen and oxygen atoms in total. The van der Waals surface area contributed by atoms with E-state index in [1.807, 2.05) is 6.92 Å². The van der Waals surface area contributed by atoms with E-state index in [0.29, 0.717) is 23.1 Å². The second-order valence-electron chi connectivity index (χ2n) is 2.65. The monoisotopic (exact) mass is 263 g/mol. The molecule has 0 aliphatic rings. The fourth-order valence-electron chi connectivity index (χ4n) is 0.867. The average Bonchev–Trinajstić information content (AvgIpc) is 2.09. The van der Waals surface area contributed by atoms with Crippen molar-refractivity contribution >= 4 is 33.2 Å². The number of nitrogen functional groups attached to an aromatic ring is 1. The average molecular weight is 265 g/mol. The zero-order valence-electron chi connectivity index (χ0n) is 7.31. The van der Waals surface area contributed by atoms with Gasteiger partial charge in [0.2, 0.25) is 0 Å². The van der Waals surface area contributed by atoms with E-state index in [1.54, 1.807) is 12.1 Å². The van der Waals surface area contributed by atoms with Crippen molar-refractivity contribution < 1.29 is 4.74 Å². The van der Waals surface area contributed by atoms with Gasteiger partial charge in [-0.15, -0.1) is 0 Å². The van der Waals surface area contributed by atoms with E-state index >= 15 is 0 Å². The standard InChI is InChI=1S/C9H11BrClNO/c1-2-3-13-9-5-8(12)6(10)4-7(9)11/h4-5H,2-3,12H2,1H3. The highest BCUT2D eigenvalue weighted by Crippen LogP contribution is 2.32. The van der Waals surface area contributed by atoms with E-state index in [0.717, 1.165) is 10.9 Å². The lowest BCUT2D eigenvalue weighted by molar-refractivity contribution is 0.318. The zero-order valence-corrected chi connectivity index (χ0v) is 9.65. The number of benzene rings is 1. The van der Waals surface area contributed by atoms with Gasteiger partial charge in [-0.3, -0.25) is 0 Å².